The third kappa shape index (κ3) is 6.61. The molecule has 3 aromatic carbocycles. The Hall–Kier alpha value is -3.37. The summed E-state index contributed by atoms with van der Waals surface area (Å²) in [6, 6.07) is 14.9. The van der Waals surface area contributed by atoms with Crippen LogP contribution in [0.3, 0.4) is 0 Å². The van der Waals surface area contributed by atoms with Crippen molar-refractivity contribution in [3.05, 3.63) is 94.0 Å². The molecule has 0 aromatic heterocycles. The highest BCUT2D eigenvalue weighted by molar-refractivity contribution is 7.92. The predicted molar refractivity (Wildman–Crippen MR) is 129 cm³/mol. The highest BCUT2D eigenvalue weighted by Gasteiger charge is 2.30. The summed E-state index contributed by atoms with van der Waals surface area (Å²) in [7, 11) is -4.16. The molecule has 0 heterocycles. The van der Waals surface area contributed by atoms with Crippen molar-refractivity contribution < 1.29 is 26.4 Å². The number of nitrogens with zero attached hydrogens (tertiary/aromatic N) is 2. The van der Waals surface area contributed by atoms with E-state index in [1.165, 1.54) is 36.4 Å². The first-order valence-corrected chi connectivity index (χ1v) is 12.0. The zero-order chi connectivity index (χ0) is 25.8. The Balaban J connectivity index is 1.85. The van der Waals surface area contributed by atoms with Gasteiger partial charge < -0.3 is 0 Å². The number of aryl methyl sites for hydroxylation is 2. The van der Waals surface area contributed by atoms with Crippen LogP contribution in [0, 0.1) is 13.8 Å². The first-order valence-electron chi connectivity index (χ1n) is 10.2. The Labute approximate surface area is 206 Å². The fourth-order valence-corrected chi connectivity index (χ4v) is 4.61. The lowest BCUT2D eigenvalue weighted by Crippen LogP contribution is -2.39. The van der Waals surface area contributed by atoms with Crippen molar-refractivity contribution >= 4 is 39.4 Å². The van der Waals surface area contributed by atoms with E-state index in [1.807, 2.05) is 13.8 Å². The highest BCUT2D eigenvalue weighted by atomic mass is 35.5. The molecule has 1 N–H and O–H groups in total. The average molecular weight is 524 g/mol. The van der Waals surface area contributed by atoms with Gasteiger partial charge in [0, 0.05) is 5.02 Å². The number of carbonyl (C=O) groups is 1. The molecule has 0 bridgehead atoms. The van der Waals surface area contributed by atoms with Crippen molar-refractivity contribution in [2.75, 3.05) is 10.8 Å². The van der Waals surface area contributed by atoms with Gasteiger partial charge in [-0.25, -0.2) is 13.8 Å². The molecule has 3 rings (SSSR count). The Morgan fingerprint density at radius 3 is 2.34 bits per heavy atom. The van der Waals surface area contributed by atoms with Gasteiger partial charge in [0.2, 0.25) is 0 Å². The summed E-state index contributed by atoms with van der Waals surface area (Å²) in [6.45, 7) is 3.06. The van der Waals surface area contributed by atoms with E-state index in [-0.39, 0.29) is 16.1 Å². The fraction of sp³-hybridized carbons (Fsp3) is 0.167. The van der Waals surface area contributed by atoms with Gasteiger partial charge in [0.15, 0.2) is 0 Å². The molecular weight excluding hydrogens is 503 g/mol. The van der Waals surface area contributed by atoms with Gasteiger partial charge in [-0.15, -0.1) is 0 Å². The van der Waals surface area contributed by atoms with E-state index in [4.69, 9.17) is 11.6 Å². The van der Waals surface area contributed by atoms with Crippen molar-refractivity contribution in [3.8, 4) is 0 Å². The predicted octanol–water partition coefficient (Wildman–Crippen LogP) is 5.32. The number of sulfonamides is 1. The number of hydrazone groups is 1. The van der Waals surface area contributed by atoms with Gasteiger partial charge >= 0.3 is 6.18 Å². The molecule has 0 aliphatic heterocycles. The zero-order valence-electron chi connectivity index (χ0n) is 18.7. The van der Waals surface area contributed by atoms with E-state index in [2.05, 4.69) is 10.5 Å². The van der Waals surface area contributed by atoms with E-state index in [0.29, 0.717) is 5.02 Å². The zero-order valence-corrected chi connectivity index (χ0v) is 20.2. The minimum absolute atomic E-state index is 0.0691. The lowest BCUT2D eigenvalue weighted by molar-refractivity contribution is -0.137. The lowest BCUT2D eigenvalue weighted by atomic mass is 10.1. The van der Waals surface area contributed by atoms with Crippen LogP contribution >= 0.6 is 11.6 Å². The molecule has 3 aromatic rings. The van der Waals surface area contributed by atoms with Crippen molar-refractivity contribution in [1.29, 1.82) is 0 Å². The quantitative estimate of drug-likeness (QED) is 0.336. The molecule has 184 valence electrons. The minimum Gasteiger partial charge on any atom is -0.271 e. The van der Waals surface area contributed by atoms with Gasteiger partial charge in [0.05, 0.1) is 22.4 Å². The summed E-state index contributed by atoms with van der Waals surface area (Å²) in [5, 5.41) is 4.03. The molecule has 0 radical (unpaired) electrons. The van der Waals surface area contributed by atoms with Crippen LogP contribution in [0.25, 0.3) is 0 Å². The van der Waals surface area contributed by atoms with Crippen LogP contribution in [0.4, 0.5) is 18.9 Å². The summed E-state index contributed by atoms with van der Waals surface area (Å²) < 4.78 is 66.2. The molecule has 0 saturated heterocycles. The Kier molecular flexibility index (Phi) is 7.86. The van der Waals surface area contributed by atoms with Gasteiger partial charge in [0.25, 0.3) is 15.9 Å². The highest BCUT2D eigenvalue weighted by Crippen LogP contribution is 2.29. The molecule has 0 aliphatic carbocycles. The van der Waals surface area contributed by atoms with Gasteiger partial charge in [0.1, 0.15) is 6.54 Å². The molecule has 11 heteroatoms. The maximum atomic E-state index is 13.4. The number of halogens is 4. The maximum absolute atomic E-state index is 13.4. The van der Waals surface area contributed by atoms with E-state index < -0.39 is 34.2 Å². The van der Waals surface area contributed by atoms with Gasteiger partial charge in [-0.2, -0.15) is 18.3 Å². The second kappa shape index (κ2) is 10.5. The van der Waals surface area contributed by atoms with Crippen molar-refractivity contribution in [2.24, 2.45) is 5.10 Å². The third-order valence-electron chi connectivity index (χ3n) is 5.08. The summed E-state index contributed by atoms with van der Waals surface area (Å²) >= 11 is 5.87. The summed E-state index contributed by atoms with van der Waals surface area (Å²) in [6.07, 6.45) is -3.48. The maximum Gasteiger partial charge on any atom is 0.416 e. The number of carbonyl (C=O) groups excluding carboxylic acids is 1. The molecule has 1 amide bonds. The molecular formula is C24H21ClF3N3O3S. The number of hydrogen-bond donors (Lipinski definition) is 1. The third-order valence-corrected chi connectivity index (χ3v) is 7.12. The molecule has 6 nitrogen and oxygen atoms in total. The number of hydrogen-bond acceptors (Lipinski definition) is 4. The number of alkyl halides is 3. The van der Waals surface area contributed by atoms with Crippen molar-refractivity contribution in [1.82, 2.24) is 5.43 Å². The molecule has 0 unspecified atom stereocenters. The number of anilines is 1. The van der Waals surface area contributed by atoms with Crippen LogP contribution in [0.2, 0.25) is 5.02 Å². The van der Waals surface area contributed by atoms with Gasteiger partial charge in [-0.3, -0.25) is 9.10 Å². The number of rotatable bonds is 7. The summed E-state index contributed by atoms with van der Waals surface area (Å²) in [4.78, 5) is 12.5. The molecule has 0 saturated carbocycles. The Bertz CT molecular complexity index is 1360. The standard InChI is InChI=1S/C24H21ClF3N3O3S/c1-16-6-9-21(12-17(16)2)31(35(33,34)22-10-7-20(25)8-11-22)15-23(32)30-29-14-18-4-3-5-19(13-18)24(26,27)28/h3-14H,15H2,1-2H3,(H,30,32)/b29-14-. The number of amides is 1. The Morgan fingerprint density at radius 2 is 1.71 bits per heavy atom. The van der Waals surface area contributed by atoms with E-state index >= 15 is 0 Å². The van der Waals surface area contributed by atoms with E-state index in [0.717, 1.165) is 33.8 Å². The second-order valence-corrected chi connectivity index (χ2v) is 9.95. The summed E-state index contributed by atoms with van der Waals surface area (Å²) in [5.74, 6) is -0.788. The van der Waals surface area contributed by atoms with Crippen molar-refractivity contribution in [3.63, 3.8) is 0 Å². The smallest absolute Gasteiger partial charge is 0.271 e. The molecule has 35 heavy (non-hydrogen) atoms. The summed E-state index contributed by atoms with van der Waals surface area (Å²) in [5.41, 5.74) is 3.45. The van der Waals surface area contributed by atoms with Crippen LogP contribution in [0.5, 0.6) is 0 Å². The van der Waals surface area contributed by atoms with Crippen LogP contribution in [-0.4, -0.2) is 27.1 Å². The number of nitrogens with one attached hydrogen (secondary N) is 1. The molecule has 0 fully saturated rings. The topological polar surface area (TPSA) is 78.8 Å². The monoisotopic (exact) mass is 523 g/mol. The fourth-order valence-electron chi connectivity index (χ4n) is 3.07. The second-order valence-electron chi connectivity index (χ2n) is 7.65. The average Bonchev–Trinajstić information content (AvgIpc) is 2.79. The normalized spacial score (nSPS) is 12.1. The minimum atomic E-state index is -4.52. The van der Waals surface area contributed by atoms with Crippen LogP contribution in [-0.2, 0) is 21.0 Å². The van der Waals surface area contributed by atoms with Crippen LogP contribution in [0.1, 0.15) is 22.3 Å². The largest absolute Gasteiger partial charge is 0.416 e. The SMILES string of the molecule is Cc1ccc(N(CC(=O)N/N=C\c2cccc(C(F)(F)F)c2)S(=O)(=O)c2ccc(Cl)cc2)cc1C. The number of benzene rings is 3. The van der Waals surface area contributed by atoms with E-state index in [1.54, 1.807) is 18.2 Å². The van der Waals surface area contributed by atoms with Crippen LogP contribution in [0.15, 0.2) is 76.7 Å². The first-order chi connectivity index (χ1) is 16.4. The molecule has 0 spiro atoms. The van der Waals surface area contributed by atoms with Gasteiger partial charge in [-0.1, -0.05) is 29.8 Å². The Morgan fingerprint density at radius 1 is 1.03 bits per heavy atom. The lowest BCUT2D eigenvalue weighted by Gasteiger charge is -2.24. The van der Waals surface area contributed by atoms with Gasteiger partial charge in [-0.05, 0) is 79.1 Å². The van der Waals surface area contributed by atoms with Crippen LogP contribution < -0.4 is 9.73 Å². The van der Waals surface area contributed by atoms with Crippen molar-refractivity contribution in [2.45, 2.75) is 24.9 Å². The molecule has 0 atom stereocenters. The first kappa shape index (κ1) is 26.2. The molecule has 0 aliphatic rings. The van der Waals surface area contributed by atoms with E-state index in [9.17, 15) is 26.4 Å².